The number of hydrogen-bond donors (Lipinski definition) is 4. The van der Waals surface area contributed by atoms with E-state index in [1.165, 1.54) is 4.90 Å². The number of aromatic hydroxyl groups is 1. The first-order chi connectivity index (χ1) is 19.2. The number of amides is 4. The third-order valence-corrected chi connectivity index (χ3v) is 6.66. The Bertz CT molecular complexity index is 1010. The summed E-state index contributed by atoms with van der Waals surface area (Å²) in [6, 6.07) is 2.31. The Hall–Kier alpha value is -3.30. The maximum absolute atomic E-state index is 14.2. The van der Waals surface area contributed by atoms with Crippen LogP contribution in [-0.4, -0.2) is 58.1 Å². The average Bonchev–Trinajstić information content (AvgIpc) is 2.85. The number of ether oxygens (including phenoxy) is 1. The minimum atomic E-state index is -1.36. The van der Waals surface area contributed by atoms with Crippen LogP contribution in [0.1, 0.15) is 116 Å². The van der Waals surface area contributed by atoms with Crippen molar-refractivity contribution in [2.45, 2.75) is 130 Å². The smallest absolute Gasteiger partial charge is 0.408 e. The Morgan fingerprint density at radius 3 is 2.22 bits per heavy atom. The summed E-state index contributed by atoms with van der Waals surface area (Å²) in [4.78, 5) is 54.0. The zero-order valence-electron chi connectivity index (χ0n) is 26.0. The number of nitrogens with one attached hydrogen (secondary N) is 2. The number of phenols is 1. The predicted molar refractivity (Wildman–Crippen MR) is 160 cm³/mol. The molecule has 0 fully saturated rings. The van der Waals surface area contributed by atoms with Gasteiger partial charge in [-0.05, 0) is 53.0 Å². The van der Waals surface area contributed by atoms with E-state index in [1.807, 2.05) is 13.8 Å². The number of nitrogens with zero attached hydrogens (tertiary/aromatic N) is 1. The molecule has 0 saturated heterocycles. The number of benzene rings is 1. The quantitative estimate of drug-likeness (QED) is 0.192. The van der Waals surface area contributed by atoms with E-state index in [0.717, 1.165) is 44.9 Å². The first-order valence-corrected chi connectivity index (χ1v) is 14.9. The van der Waals surface area contributed by atoms with Crippen molar-refractivity contribution < 1.29 is 29.0 Å². The third kappa shape index (κ3) is 12.8. The summed E-state index contributed by atoms with van der Waals surface area (Å²) in [5.41, 5.74) is 5.45. The van der Waals surface area contributed by atoms with Gasteiger partial charge < -0.3 is 31.1 Å². The highest BCUT2D eigenvalue weighted by Crippen LogP contribution is 2.33. The van der Waals surface area contributed by atoms with Crippen LogP contribution in [-0.2, 0) is 19.1 Å². The normalized spacial score (nSPS) is 13.5. The van der Waals surface area contributed by atoms with Gasteiger partial charge in [0, 0.05) is 18.2 Å². The molecular formula is C31H52N4O6. The van der Waals surface area contributed by atoms with Crippen LogP contribution in [0, 0.1) is 6.92 Å². The van der Waals surface area contributed by atoms with E-state index < -0.39 is 47.9 Å². The summed E-state index contributed by atoms with van der Waals surface area (Å²) >= 11 is 0. The van der Waals surface area contributed by atoms with Gasteiger partial charge in [0.15, 0.2) is 0 Å². The van der Waals surface area contributed by atoms with Gasteiger partial charge in [-0.15, -0.1) is 0 Å². The fraction of sp³-hybridized carbons (Fsp3) is 0.677. The lowest BCUT2D eigenvalue weighted by atomic mass is 9.98. The number of rotatable bonds is 17. The van der Waals surface area contributed by atoms with Crippen LogP contribution in [0.4, 0.5) is 4.79 Å². The lowest BCUT2D eigenvalue weighted by Gasteiger charge is -2.35. The van der Waals surface area contributed by atoms with Gasteiger partial charge in [-0.2, -0.15) is 0 Å². The van der Waals surface area contributed by atoms with Crippen LogP contribution in [0.15, 0.2) is 18.2 Å². The maximum atomic E-state index is 14.2. The molecule has 0 aliphatic carbocycles. The lowest BCUT2D eigenvalue weighted by Crippen LogP contribution is -2.54. The predicted octanol–water partition coefficient (Wildman–Crippen LogP) is 5.00. The number of carbonyl (C=O) groups excluding carboxylic acids is 4. The molecule has 1 aromatic rings. The number of alkyl carbamates (subject to hydrolysis) is 1. The van der Waals surface area contributed by atoms with Gasteiger partial charge >= 0.3 is 6.09 Å². The zero-order chi connectivity index (χ0) is 31.2. The summed E-state index contributed by atoms with van der Waals surface area (Å²) < 4.78 is 5.33. The van der Waals surface area contributed by atoms with Gasteiger partial charge in [-0.25, -0.2) is 4.79 Å². The van der Waals surface area contributed by atoms with E-state index in [4.69, 9.17) is 10.5 Å². The Morgan fingerprint density at radius 1 is 1.00 bits per heavy atom. The summed E-state index contributed by atoms with van der Waals surface area (Å²) in [7, 11) is 0. The molecule has 0 heterocycles. The van der Waals surface area contributed by atoms with Crippen molar-refractivity contribution in [2.24, 2.45) is 5.73 Å². The van der Waals surface area contributed by atoms with Gasteiger partial charge in [0.25, 0.3) is 0 Å². The minimum absolute atomic E-state index is 0.0944. The van der Waals surface area contributed by atoms with Crippen LogP contribution in [0.5, 0.6) is 5.75 Å². The number of phenolic OH excluding ortho intramolecular Hbond substituents is 1. The van der Waals surface area contributed by atoms with E-state index in [-0.39, 0.29) is 23.9 Å². The van der Waals surface area contributed by atoms with E-state index in [9.17, 15) is 24.3 Å². The van der Waals surface area contributed by atoms with Crippen LogP contribution < -0.4 is 16.4 Å². The molecule has 0 aliphatic rings. The molecule has 41 heavy (non-hydrogen) atoms. The molecule has 3 atom stereocenters. The number of aryl methyl sites for hydroxylation is 1. The number of carbonyl (C=O) groups is 4. The van der Waals surface area contributed by atoms with Gasteiger partial charge in [0.2, 0.25) is 17.7 Å². The summed E-state index contributed by atoms with van der Waals surface area (Å²) in [6.45, 7) is 13.0. The van der Waals surface area contributed by atoms with Crippen molar-refractivity contribution in [3.63, 3.8) is 0 Å². The first kappa shape index (κ1) is 35.7. The summed E-state index contributed by atoms with van der Waals surface area (Å²) in [5, 5.41) is 16.5. The summed E-state index contributed by atoms with van der Waals surface area (Å²) in [5.74, 6) is -2.01. The maximum Gasteiger partial charge on any atom is 0.408 e. The minimum Gasteiger partial charge on any atom is -0.507 e. The first-order valence-electron chi connectivity index (χ1n) is 14.9. The number of unbranched alkanes of at least 4 members (excludes halogenated alkanes) is 5. The van der Waals surface area contributed by atoms with Gasteiger partial charge in [0.05, 0.1) is 6.42 Å². The molecule has 0 saturated carbocycles. The molecule has 232 valence electrons. The molecule has 0 aromatic heterocycles. The van der Waals surface area contributed by atoms with E-state index in [0.29, 0.717) is 12.0 Å². The van der Waals surface area contributed by atoms with Crippen molar-refractivity contribution in [1.29, 1.82) is 0 Å². The van der Waals surface area contributed by atoms with E-state index in [1.54, 1.807) is 45.9 Å². The second kappa shape index (κ2) is 17.5. The average molecular weight is 577 g/mol. The van der Waals surface area contributed by atoms with Gasteiger partial charge in [0.1, 0.15) is 23.4 Å². The van der Waals surface area contributed by atoms with Crippen molar-refractivity contribution in [3.8, 4) is 5.75 Å². The SMILES string of the molecule is CCCCCCCCN(C(=O)C(CC(N)=O)NC(=O)OC(C)(C)C)C(C(=O)NC(C)CCC)c1cccc(C)c1O. The Labute approximate surface area is 245 Å². The fourth-order valence-electron chi connectivity index (χ4n) is 4.66. The second-order valence-electron chi connectivity index (χ2n) is 11.8. The molecule has 5 N–H and O–H groups in total. The molecule has 0 radical (unpaired) electrons. The highest BCUT2D eigenvalue weighted by atomic mass is 16.6. The molecule has 0 bridgehead atoms. The summed E-state index contributed by atoms with van der Waals surface area (Å²) in [6.07, 6.45) is 5.87. The van der Waals surface area contributed by atoms with Crippen molar-refractivity contribution in [3.05, 3.63) is 29.3 Å². The third-order valence-electron chi connectivity index (χ3n) is 6.66. The highest BCUT2D eigenvalue weighted by Gasteiger charge is 2.38. The number of nitrogens with two attached hydrogens (primary N) is 1. The molecule has 4 amide bonds. The van der Waals surface area contributed by atoms with Crippen molar-refractivity contribution in [2.75, 3.05) is 6.54 Å². The molecule has 10 heteroatoms. The van der Waals surface area contributed by atoms with E-state index >= 15 is 0 Å². The standard InChI is InChI=1S/C31H52N4O6/c1-8-10-11-12-13-14-19-35(29(39)24(20-25(32)36)34-30(40)41-31(5,6)7)26(28(38)33-22(4)16-9-2)23-18-15-17-21(3)27(23)37/h15,17-18,22,24,26,37H,8-14,16,19-20H2,1-7H3,(H2,32,36)(H,33,38)(H,34,40). The van der Waals surface area contributed by atoms with Gasteiger partial charge in [-0.1, -0.05) is 70.6 Å². The molecular weight excluding hydrogens is 524 g/mol. The Morgan fingerprint density at radius 2 is 1.63 bits per heavy atom. The lowest BCUT2D eigenvalue weighted by molar-refractivity contribution is -0.143. The largest absolute Gasteiger partial charge is 0.507 e. The van der Waals surface area contributed by atoms with Crippen molar-refractivity contribution in [1.82, 2.24) is 15.5 Å². The molecule has 3 unspecified atom stereocenters. The highest BCUT2D eigenvalue weighted by molar-refractivity contribution is 5.95. The number of primary amides is 1. The molecule has 0 aliphatic heterocycles. The number of hydrogen-bond acceptors (Lipinski definition) is 6. The second-order valence-corrected chi connectivity index (χ2v) is 11.8. The van der Waals surface area contributed by atoms with Crippen LogP contribution in [0.25, 0.3) is 0 Å². The monoisotopic (exact) mass is 576 g/mol. The molecule has 1 rings (SSSR count). The number of para-hydroxylation sites is 1. The van der Waals surface area contributed by atoms with E-state index in [2.05, 4.69) is 17.6 Å². The molecule has 0 spiro atoms. The molecule has 1 aromatic carbocycles. The molecule has 10 nitrogen and oxygen atoms in total. The zero-order valence-corrected chi connectivity index (χ0v) is 26.0. The Kier molecular flexibility index (Phi) is 15.2. The van der Waals surface area contributed by atoms with Gasteiger partial charge in [-0.3, -0.25) is 14.4 Å². The van der Waals surface area contributed by atoms with Crippen LogP contribution in [0.2, 0.25) is 0 Å². The topological polar surface area (TPSA) is 151 Å². The van der Waals surface area contributed by atoms with Crippen LogP contribution >= 0.6 is 0 Å². The fourth-order valence-corrected chi connectivity index (χ4v) is 4.66. The van der Waals surface area contributed by atoms with Crippen molar-refractivity contribution >= 4 is 23.8 Å². The Balaban J connectivity index is 3.56. The van der Waals surface area contributed by atoms with Crippen LogP contribution in [0.3, 0.4) is 0 Å².